The summed E-state index contributed by atoms with van der Waals surface area (Å²) in [6.45, 7) is 3.58. The molecule has 6 nitrogen and oxygen atoms in total. The highest BCUT2D eigenvalue weighted by atomic mass is 32.2. The summed E-state index contributed by atoms with van der Waals surface area (Å²) >= 11 is 1.56. The Kier molecular flexibility index (Phi) is 5.34. The molecule has 4 aromatic rings. The van der Waals surface area contributed by atoms with Crippen LogP contribution in [0.25, 0.3) is 22.4 Å². The smallest absolute Gasteiger partial charge is 0.276 e. The molecule has 29 heavy (non-hydrogen) atoms. The van der Waals surface area contributed by atoms with Crippen LogP contribution in [0.1, 0.15) is 5.56 Å². The lowest BCUT2D eigenvalue weighted by molar-refractivity contribution is -0.0187. The van der Waals surface area contributed by atoms with Crippen LogP contribution in [0.15, 0.2) is 70.4 Å². The van der Waals surface area contributed by atoms with Gasteiger partial charge in [0.15, 0.2) is 0 Å². The van der Waals surface area contributed by atoms with Crippen molar-refractivity contribution in [3.05, 3.63) is 66.4 Å². The zero-order valence-electron chi connectivity index (χ0n) is 16.0. The van der Waals surface area contributed by atoms with Crippen LogP contribution in [-0.2, 0) is 11.3 Å². The molecule has 0 bridgehead atoms. The number of hydrogen-bond donors (Lipinski definition) is 1. The number of nitrogens with one attached hydrogen (secondary N) is 1. The van der Waals surface area contributed by atoms with E-state index in [0.717, 1.165) is 48.5 Å². The number of para-hydroxylation sites is 1. The van der Waals surface area contributed by atoms with Crippen LogP contribution in [0.5, 0.6) is 0 Å². The largest absolute Gasteiger partial charge is 0.411 e. The summed E-state index contributed by atoms with van der Waals surface area (Å²) in [6.07, 6.45) is 2.07. The number of fused-ring (bicyclic) bond motifs is 1. The van der Waals surface area contributed by atoms with Gasteiger partial charge >= 0.3 is 0 Å². The molecule has 0 unspecified atom stereocenters. The predicted octanol–water partition coefficient (Wildman–Crippen LogP) is 4.21. The van der Waals surface area contributed by atoms with Gasteiger partial charge in [0.05, 0.1) is 18.3 Å². The third-order valence-corrected chi connectivity index (χ3v) is 6.04. The Morgan fingerprint density at radius 3 is 2.86 bits per heavy atom. The zero-order valence-corrected chi connectivity index (χ0v) is 16.8. The Hall–Kier alpha value is -2.61. The van der Waals surface area contributed by atoms with E-state index >= 15 is 0 Å². The van der Waals surface area contributed by atoms with Gasteiger partial charge in [0.25, 0.3) is 11.1 Å². The number of ether oxygens (including phenoxy) is 1. The van der Waals surface area contributed by atoms with Crippen molar-refractivity contribution in [1.82, 2.24) is 20.1 Å². The molecule has 1 saturated heterocycles. The van der Waals surface area contributed by atoms with Crippen molar-refractivity contribution in [1.29, 1.82) is 0 Å². The molecular formula is C22H22N4O2S. The quantitative estimate of drug-likeness (QED) is 0.484. The highest BCUT2D eigenvalue weighted by Crippen LogP contribution is 2.30. The summed E-state index contributed by atoms with van der Waals surface area (Å²) < 4.78 is 11.8. The van der Waals surface area contributed by atoms with Gasteiger partial charge in [-0.2, -0.15) is 0 Å². The van der Waals surface area contributed by atoms with Crippen LogP contribution in [0.4, 0.5) is 0 Å². The molecule has 2 aromatic carbocycles. The molecule has 1 aliphatic heterocycles. The van der Waals surface area contributed by atoms with Crippen LogP contribution < -0.4 is 0 Å². The molecule has 148 valence electrons. The lowest BCUT2D eigenvalue weighted by Crippen LogP contribution is -2.43. The summed E-state index contributed by atoms with van der Waals surface area (Å²) in [7, 11) is 0. The molecule has 0 spiro atoms. The van der Waals surface area contributed by atoms with Crippen molar-refractivity contribution in [2.45, 2.75) is 17.9 Å². The first-order valence-electron chi connectivity index (χ1n) is 9.76. The number of thioether (sulfide) groups is 1. The van der Waals surface area contributed by atoms with Crippen LogP contribution in [0.2, 0.25) is 0 Å². The van der Waals surface area contributed by atoms with Gasteiger partial charge in [0, 0.05) is 42.5 Å². The molecule has 0 amide bonds. The maximum atomic E-state index is 5.95. The highest BCUT2D eigenvalue weighted by molar-refractivity contribution is 7.99. The topological polar surface area (TPSA) is 67.2 Å². The van der Waals surface area contributed by atoms with Gasteiger partial charge in [0.1, 0.15) is 0 Å². The Morgan fingerprint density at radius 1 is 1.07 bits per heavy atom. The fourth-order valence-corrected chi connectivity index (χ4v) is 4.42. The van der Waals surface area contributed by atoms with E-state index in [1.807, 2.05) is 24.4 Å². The van der Waals surface area contributed by atoms with E-state index in [2.05, 4.69) is 56.5 Å². The van der Waals surface area contributed by atoms with Gasteiger partial charge in [-0.05, 0) is 11.6 Å². The SMILES string of the molecule is c1ccc(CN2CCO[C@@H](CSc3nnc(-c4c[nH]c5ccccc45)o3)C2)cc1. The van der Waals surface area contributed by atoms with E-state index in [1.165, 1.54) is 5.56 Å². The Labute approximate surface area is 173 Å². The van der Waals surface area contributed by atoms with Crippen LogP contribution >= 0.6 is 11.8 Å². The summed E-state index contributed by atoms with van der Waals surface area (Å²) in [5, 5.41) is 10.1. The molecule has 1 aliphatic rings. The van der Waals surface area contributed by atoms with E-state index in [0.29, 0.717) is 11.1 Å². The van der Waals surface area contributed by atoms with Gasteiger partial charge in [0.2, 0.25) is 0 Å². The van der Waals surface area contributed by atoms with Crippen molar-refractivity contribution < 1.29 is 9.15 Å². The average molecular weight is 407 g/mol. The fourth-order valence-electron chi connectivity index (χ4n) is 3.66. The summed E-state index contributed by atoms with van der Waals surface area (Å²) in [4.78, 5) is 5.68. The van der Waals surface area contributed by atoms with Crippen molar-refractivity contribution in [3.8, 4) is 11.5 Å². The lowest BCUT2D eigenvalue weighted by Gasteiger charge is -2.32. The molecule has 2 aromatic heterocycles. The molecule has 1 fully saturated rings. The summed E-state index contributed by atoms with van der Waals surface area (Å²) in [6, 6.07) is 18.7. The van der Waals surface area contributed by atoms with E-state index < -0.39 is 0 Å². The summed E-state index contributed by atoms with van der Waals surface area (Å²) in [5.41, 5.74) is 3.33. The van der Waals surface area contributed by atoms with Gasteiger partial charge in [-0.15, -0.1) is 10.2 Å². The number of nitrogens with zero attached hydrogens (tertiary/aromatic N) is 3. The molecule has 7 heteroatoms. The van der Waals surface area contributed by atoms with E-state index in [-0.39, 0.29) is 6.10 Å². The average Bonchev–Trinajstić information content (AvgIpc) is 3.40. The molecule has 3 heterocycles. The fraction of sp³-hybridized carbons (Fsp3) is 0.273. The highest BCUT2D eigenvalue weighted by Gasteiger charge is 2.22. The molecular weight excluding hydrogens is 384 g/mol. The minimum atomic E-state index is 0.154. The lowest BCUT2D eigenvalue weighted by atomic mass is 10.2. The third kappa shape index (κ3) is 4.22. The van der Waals surface area contributed by atoms with Gasteiger partial charge in [-0.25, -0.2) is 0 Å². The second-order valence-electron chi connectivity index (χ2n) is 7.15. The number of H-pyrrole nitrogens is 1. The Balaban J connectivity index is 1.20. The molecule has 5 rings (SSSR count). The third-order valence-electron chi connectivity index (χ3n) is 5.09. The van der Waals surface area contributed by atoms with E-state index in [9.17, 15) is 0 Å². The Morgan fingerprint density at radius 2 is 1.93 bits per heavy atom. The number of hydrogen-bond acceptors (Lipinski definition) is 6. The molecule has 0 saturated carbocycles. The van der Waals surface area contributed by atoms with Gasteiger partial charge < -0.3 is 14.1 Å². The predicted molar refractivity (Wildman–Crippen MR) is 114 cm³/mol. The molecule has 0 radical (unpaired) electrons. The van der Waals surface area contributed by atoms with Crippen molar-refractivity contribution in [3.63, 3.8) is 0 Å². The Bertz CT molecular complexity index is 1080. The van der Waals surface area contributed by atoms with Crippen molar-refractivity contribution >= 4 is 22.7 Å². The van der Waals surface area contributed by atoms with Crippen LogP contribution in [0, 0.1) is 0 Å². The minimum absolute atomic E-state index is 0.154. The van der Waals surface area contributed by atoms with E-state index in [4.69, 9.17) is 9.15 Å². The van der Waals surface area contributed by atoms with Crippen LogP contribution in [0.3, 0.4) is 0 Å². The van der Waals surface area contributed by atoms with Gasteiger partial charge in [-0.3, -0.25) is 4.90 Å². The number of aromatic nitrogens is 3. The number of benzene rings is 2. The normalized spacial score (nSPS) is 17.7. The maximum Gasteiger partial charge on any atom is 0.276 e. The van der Waals surface area contributed by atoms with Gasteiger partial charge in [-0.1, -0.05) is 60.3 Å². The number of morpholine rings is 1. The number of aromatic amines is 1. The standard InChI is InChI=1S/C22H22N4O2S/c1-2-6-16(7-3-1)13-26-10-11-27-17(14-26)15-29-22-25-24-21(28-22)19-12-23-20-9-5-4-8-18(19)20/h1-9,12,17,23H,10-11,13-15H2/t17-/m1/s1. The monoisotopic (exact) mass is 406 g/mol. The first kappa shape index (κ1) is 18.4. The second-order valence-corrected chi connectivity index (χ2v) is 8.12. The van der Waals surface area contributed by atoms with Crippen LogP contribution in [-0.4, -0.2) is 51.6 Å². The first-order chi connectivity index (χ1) is 14.3. The maximum absolute atomic E-state index is 5.95. The zero-order chi connectivity index (χ0) is 19.5. The molecule has 1 atom stereocenters. The van der Waals surface area contributed by atoms with Crippen molar-refractivity contribution in [2.24, 2.45) is 0 Å². The van der Waals surface area contributed by atoms with E-state index in [1.54, 1.807) is 11.8 Å². The number of rotatable bonds is 6. The molecule has 0 aliphatic carbocycles. The summed E-state index contributed by atoms with van der Waals surface area (Å²) in [5.74, 6) is 1.33. The first-order valence-corrected chi connectivity index (χ1v) is 10.7. The second kappa shape index (κ2) is 8.41. The molecule has 1 N–H and O–H groups in total. The minimum Gasteiger partial charge on any atom is -0.411 e. The van der Waals surface area contributed by atoms with Crippen molar-refractivity contribution in [2.75, 3.05) is 25.4 Å².